The van der Waals surface area contributed by atoms with Crippen molar-refractivity contribution >= 4 is 12.2 Å². The summed E-state index contributed by atoms with van der Waals surface area (Å²) in [7, 11) is 0. The summed E-state index contributed by atoms with van der Waals surface area (Å²) in [4.78, 5) is 0. The molecule has 0 spiro atoms. The quantitative estimate of drug-likeness (QED) is 0.692. The maximum absolute atomic E-state index is 10.3. The van der Waals surface area contributed by atoms with Gasteiger partial charge in [-0.2, -0.15) is 0 Å². The van der Waals surface area contributed by atoms with E-state index in [2.05, 4.69) is 55.5 Å². The first-order valence-corrected chi connectivity index (χ1v) is 8.39. The van der Waals surface area contributed by atoms with Crippen LogP contribution in [0.5, 0.6) is 0 Å². The zero-order valence-electron chi connectivity index (χ0n) is 13.3. The summed E-state index contributed by atoms with van der Waals surface area (Å²) < 4.78 is 0. The number of hydrogen-bond donors (Lipinski definition) is 1. The van der Waals surface area contributed by atoms with Crippen LogP contribution in [0.1, 0.15) is 44.6 Å². The lowest BCUT2D eigenvalue weighted by Crippen LogP contribution is -2.12. The Bertz CT molecular complexity index is 848. The third kappa shape index (κ3) is 3.15. The Hall–Kier alpha value is -1.86. The van der Waals surface area contributed by atoms with Gasteiger partial charge in [0.2, 0.25) is 0 Å². The molecule has 1 unspecified atom stereocenters. The van der Waals surface area contributed by atoms with Gasteiger partial charge in [-0.25, -0.2) is 0 Å². The van der Waals surface area contributed by atoms with E-state index in [0.717, 1.165) is 18.1 Å². The summed E-state index contributed by atoms with van der Waals surface area (Å²) in [6.07, 6.45) is 9.57. The van der Waals surface area contributed by atoms with Crippen LogP contribution in [0.15, 0.2) is 42.5 Å². The Morgan fingerprint density at radius 1 is 1.00 bits per heavy atom. The molecule has 0 amide bonds. The highest BCUT2D eigenvalue weighted by atomic mass is 16.3. The zero-order chi connectivity index (χ0) is 15.4. The van der Waals surface area contributed by atoms with Gasteiger partial charge in [0.1, 0.15) is 0 Å². The van der Waals surface area contributed by atoms with Crippen LogP contribution in [-0.4, -0.2) is 11.2 Å². The smallest absolute Gasteiger partial charge is 0.0729 e. The molecule has 0 radical (unpaired) electrons. The molecular formula is C21H24O. The summed E-state index contributed by atoms with van der Waals surface area (Å²) in [5.41, 5.74) is 1.26. The molecule has 22 heavy (non-hydrogen) atoms. The maximum Gasteiger partial charge on any atom is 0.0729 e. The fourth-order valence-corrected chi connectivity index (χ4v) is 3.25. The van der Waals surface area contributed by atoms with E-state index in [1.165, 1.54) is 40.5 Å². The molecule has 0 heterocycles. The van der Waals surface area contributed by atoms with Crippen molar-refractivity contribution in [2.75, 3.05) is 0 Å². The van der Waals surface area contributed by atoms with Gasteiger partial charge in [-0.15, -0.1) is 0 Å². The van der Waals surface area contributed by atoms with Gasteiger partial charge in [-0.3, -0.25) is 0 Å². The van der Waals surface area contributed by atoms with E-state index in [4.69, 9.17) is 0 Å². The molecule has 1 atom stereocenters. The van der Waals surface area contributed by atoms with Crippen molar-refractivity contribution in [3.8, 4) is 0 Å². The molecule has 2 aromatic carbocycles. The molecule has 1 N–H and O–H groups in total. The van der Waals surface area contributed by atoms with Crippen molar-refractivity contribution in [1.82, 2.24) is 0 Å². The van der Waals surface area contributed by atoms with Gasteiger partial charge < -0.3 is 5.11 Å². The molecule has 1 aliphatic rings. The van der Waals surface area contributed by atoms with Crippen LogP contribution in [0, 0.1) is 10.4 Å². The van der Waals surface area contributed by atoms with E-state index in [1.807, 2.05) is 6.08 Å². The summed E-state index contributed by atoms with van der Waals surface area (Å²) in [6, 6.07) is 14.8. The van der Waals surface area contributed by atoms with Gasteiger partial charge in [-0.1, -0.05) is 75.1 Å². The number of aliphatic hydroxyl groups is 1. The number of unbranched alkanes of at least 4 members (excludes halogenated alkanes) is 3. The summed E-state index contributed by atoms with van der Waals surface area (Å²) in [5.74, 6) is 0. The molecule has 1 aliphatic carbocycles. The maximum atomic E-state index is 10.3. The fraction of sp³-hybridized carbons (Fsp3) is 0.333. The van der Waals surface area contributed by atoms with Crippen molar-refractivity contribution in [2.45, 2.75) is 45.1 Å². The first-order chi connectivity index (χ1) is 10.8. The lowest BCUT2D eigenvalue weighted by atomic mass is 10.1. The molecule has 3 rings (SSSR count). The molecule has 0 bridgehead atoms. The normalized spacial score (nSPS) is 14.4. The average Bonchev–Trinajstić information content (AvgIpc) is 2.91. The molecule has 0 fully saturated rings. The van der Waals surface area contributed by atoms with Crippen LogP contribution >= 0.6 is 0 Å². The fourth-order valence-electron chi connectivity index (χ4n) is 3.25. The van der Waals surface area contributed by atoms with Crippen LogP contribution in [0.3, 0.4) is 0 Å². The van der Waals surface area contributed by atoms with Gasteiger partial charge in [-0.05, 0) is 45.0 Å². The van der Waals surface area contributed by atoms with Crippen LogP contribution in [0.4, 0.5) is 0 Å². The first kappa shape index (κ1) is 15.1. The SMILES string of the molecule is CCCCCCC(O)C=c1cccc2c1=c1ccccc1=C2. The number of rotatable bonds is 6. The summed E-state index contributed by atoms with van der Waals surface area (Å²) >= 11 is 0. The Morgan fingerprint density at radius 3 is 2.73 bits per heavy atom. The third-order valence-corrected chi connectivity index (χ3v) is 4.40. The minimum Gasteiger partial charge on any atom is -0.389 e. The molecular weight excluding hydrogens is 268 g/mol. The van der Waals surface area contributed by atoms with Crippen molar-refractivity contribution in [1.29, 1.82) is 0 Å². The number of fused-ring (bicyclic) bond motifs is 2. The van der Waals surface area contributed by atoms with Gasteiger partial charge >= 0.3 is 0 Å². The van der Waals surface area contributed by atoms with E-state index >= 15 is 0 Å². The van der Waals surface area contributed by atoms with E-state index in [1.54, 1.807) is 0 Å². The Kier molecular flexibility index (Phi) is 4.74. The Balaban J connectivity index is 1.96. The molecule has 1 nitrogen and oxygen atoms in total. The molecule has 2 aromatic rings. The van der Waals surface area contributed by atoms with Crippen molar-refractivity contribution in [3.63, 3.8) is 0 Å². The lowest BCUT2D eigenvalue weighted by Gasteiger charge is -2.05. The van der Waals surface area contributed by atoms with Crippen LogP contribution in [-0.2, 0) is 0 Å². The molecule has 0 aromatic heterocycles. The number of benzene rings is 2. The van der Waals surface area contributed by atoms with Gasteiger partial charge in [0, 0.05) is 0 Å². The van der Waals surface area contributed by atoms with Crippen molar-refractivity contribution in [2.24, 2.45) is 0 Å². The minimum atomic E-state index is -0.351. The van der Waals surface area contributed by atoms with E-state index in [-0.39, 0.29) is 6.10 Å². The van der Waals surface area contributed by atoms with Gasteiger partial charge in [0.15, 0.2) is 0 Å². The topological polar surface area (TPSA) is 20.2 Å². The first-order valence-electron chi connectivity index (χ1n) is 8.39. The second-order valence-corrected chi connectivity index (χ2v) is 6.13. The van der Waals surface area contributed by atoms with E-state index < -0.39 is 0 Å². The standard InChI is InChI=1S/C21H24O/c1-2-3-4-5-12-19(22)15-18-11-8-10-17-14-16-9-6-7-13-20(16)21(17)18/h6-11,13-15,19,22H,2-5,12H2,1H3. The van der Waals surface area contributed by atoms with E-state index in [0.29, 0.717) is 0 Å². The highest BCUT2D eigenvalue weighted by Crippen LogP contribution is 2.09. The van der Waals surface area contributed by atoms with Crippen LogP contribution < -0.4 is 10.4 Å². The highest BCUT2D eigenvalue weighted by Gasteiger charge is 2.04. The van der Waals surface area contributed by atoms with Crippen molar-refractivity contribution < 1.29 is 5.11 Å². The second-order valence-electron chi connectivity index (χ2n) is 6.13. The zero-order valence-corrected chi connectivity index (χ0v) is 13.3. The third-order valence-electron chi connectivity index (χ3n) is 4.40. The summed E-state index contributed by atoms with van der Waals surface area (Å²) in [5, 5.41) is 15.3. The molecule has 1 heteroatoms. The Morgan fingerprint density at radius 2 is 1.86 bits per heavy atom. The number of hydrogen-bond acceptors (Lipinski definition) is 1. The molecule has 0 saturated carbocycles. The summed E-state index contributed by atoms with van der Waals surface area (Å²) in [6.45, 7) is 2.21. The average molecular weight is 292 g/mol. The predicted molar refractivity (Wildman–Crippen MR) is 92.6 cm³/mol. The van der Waals surface area contributed by atoms with Crippen LogP contribution in [0.25, 0.3) is 12.2 Å². The molecule has 114 valence electrons. The Labute approximate surface area is 131 Å². The van der Waals surface area contributed by atoms with Gasteiger partial charge in [0.05, 0.1) is 6.10 Å². The monoisotopic (exact) mass is 292 g/mol. The highest BCUT2D eigenvalue weighted by molar-refractivity contribution is 5.56. The lowest BCUT2D eigenvalue weighted by molar-refractivity contribution is 0.222. The van der Waals surface area contributed by atoms with Gasteiger partial charge in [0.25, 0.3) is 0 Å². The molecule has 0 aliphatic heterocycles. The van der Waals surface area contributed by atoms with E-state index in [9.17, 15) is 5.11 Å². The predicted octanol–water partition coefficient (Wildman–Crippen LogP) is 3.23. The molecule has 0 saturated heterocycles. The number of aliphatic hydroxyl groups excluding tert-OH is 1. The van der Waals surface area contributed by atoms with Crippen molar-refractivity contribution in [3.05, 3.63) is 68.9 Å². The second kappa shape index (κ2) is 6.93. The minimum absolute atomic E-state index is 0.351. The largest absolute Gasteiger partial charge is 0.389 e. The van der Waals surface area contributed by atoms with Crippen LogP contribution in [0.2, 0.25) is 0 Å².